The molecule has 2 rings (SSSR count). The van der Waals surface area contributed by atoms with E-state index in [1.807, 2.05) is 6.07 Å². The van der Waals surface area contributed by atoms with E-state index in [2.05, 4.69) is 4.98 Å². The second-order valence-corrected chi connectivity index (χ2v) is 3.97. The van der Waals surface area contributed by atoms with Crippen LogP contribution < -0.4 is 4.74 Å². The van der Waals surface area contributed by atoms with Crippen molar-refractivity contribution in [2.75, 3.05) is 14.2 Å². The van der Waals surface area contributed by atoms with Crippen molar-refractivity contribution >= 4 is 5.97 Å². The van der Waals surface area contributed by atoms with E-state index in [-0.39, 0.29) is 11.9 Å². The number of carbonyl (C=O) groups excluding carboxylic acids is 1. The molecule has 0 amide bonds. The van der Waals surface area contributed by atoms with Gasteiger partial charge in [0, 0.05) is 12.3 Å². The molecule has 0 aliphatic heterocycles. The molecular formula is C12H15NO3. The van der Waals surface area contributed by atoms with Gasteiger partial charge in [-0.1, -0.05) is 6.07 Å². The maximum absolute atomic E-state index is 11.7. The monoisotopic (exact) mass is 221 g/mol. The number of carbonyl (C=O) groups is 1. The summed E-state index contributed by atoms with van der Waals surface area (Å²) in [6.45, 7) is 0. The molecule has 86 valence electrons. The van der Waals surface area contributed by atoms with Crippen molar-refractivity contribution < 1.29 is 14.3 Å². The van der Waals surface area contributed by atoms with Crippen LogP contribution in [0.25, 0.3) is 0 Å². The highest BCUT2D eigenvalue weighted by atomic mass is 16.5. The Kier molecular flexibility index (Phi) is 3.08. The molecule has 1 saturated carbocycles. The minimum Gasteiger partial charge on any atom is -0.481 e. The molecule has 0 bridgehead atoms. The van der Waals surface area contributed by atoms with Crippen LogP contribution in [0.3, 0.4) is 0 Å². The predicted octanol–water partition coefficient (Wildman–Crippen LogP) is 1.76. The molecule has 1 heterocycles. The Balaban J connectivity index is 2.21. The van der Waals surface area contributed by atoms with Gasteiger partial charge in [-0.15, -0.1) is 0 Å². The van der Waals surface area contributed by atoms with Crippen molar-refractivity contribution in [2.45, 2.75) is 18.8 Å². The van der Waals surface area contributed by atoms with Gasteiger partial charge in [-0.05, 0) is 24.3 Å². The number of hydrogen-bond donors (Lipinski definition) is 0. The number of nitrogens with zero attached hydrogens (tertiary/aromatic N) is 1. The lowest BCUT2D eigenvalue weighted by molar-refractivity contribution is -0.143. The fourth-order valence-corrected chi connectivity index (χ4v) is 1.85. The Morgan fingerprint density at radius 2 is 2.19 bits per heavy atom. The van der Waals surface area contributed by atoms with Crippen LogP contribution in [0.5, 0.6) is 5.88 Å². The molecule has 1 unspecified atom stereocenters. The third-order valence-corrected chi connectivity index (χ3v) is 2.88. The summed E-state index contributed by atoms with van der Waals surface area (Å²) in [5.74, 6) is 0.642. The molecule has 0 N–H and O–H groups in total. The highest BCUT2D eigenvalue weighted by Gasteiger charge is 2.38. The van der Waals surface area contributed by atoms with E-state index < -0.39 is 0 Å². The van der Waals surface area contributed by atoms with Crippen LogP contribution in [-0.4, -0.2) is 25.2 Å². The van der Waals surface area contributed by atoms with Crippen LogP contribution in [0.15, 0.2) is 18.3 Å². The molecule has 0 saturated heterocycles. The summed E-state index contributed by atoms with van der Waals surface area (Å²) in [5, 5.41) is 0. The number of aromatic nitrogens is 1. The van der Waals surface area contributed by atoms with Gasteiger partial charge in [0.25, 0.3) is 0 Å². The molecule has 1 atom stereocenters. The quantitative estimate of drug-likeness (QED) is 0.727. The van der Waals surface area contributed by atoms with E-state index in [4.69, 9.17) is 9.47 Å². The first-order chi connectivity index (χ1) is 7.76. The number of hydrogen-bond acceptors (Lipinski definition) is 4. The van der Waals surface area contributed by atoms with Crippen LogP contribution in [0.1, 0.15) is 24.3 Å². The average Bonchev–Trinajstić information content (AvgIpc) is 3.14. The molecule has 0 aromatic carbocycles. The van der Waals surface area contributed by atoms with Gasteiger partial charge in [0.2, 0.25) is 5.88 Å². The van der Waals surface area contributed by atoms with E-state index in [0.29, 0.717) is 11.8 Å². The summed E-state index contributed by atoms with van der Waals surface area (Å²) in [7, 11) is 3.00. The second kappa shape index (κ2) is 4.51. The SMILES string of the molecule is COC(=O)C(c1ccc(OC)nc1)C1CC1. The van der Waals surface area contributed by atoms with Gasteiger partial charge < -0.3 is 9.47 Å². The van der Waals surface area contributed by atoms with Gasteiger partial charge in [0.1, 0.15) is 0 Å². The molecule has 4 nitrogen and oxygen atoms in total. The Hall–Kier alpha value is -1.58. The van der Waals surface area contributed by atoms with Gasteiger partial charge in [-0.25, -0.2) is 4.98 Å². The molecule has 1 aromatic heterocycles. The molecule has 16 heavy (non-hydrogen) atoms. The third-order valence-electron chi connectivity index (χ3n) is 2.88. The molecule has 1 aliphatic carbocycles. The maximum atomic E-state index is 11.7. The second-order valence-electron chi connectivity index (χ2n) is 3.97. The van der Waals surface area contributed by atoms with E-state index in [9.17, 15) is 4.79 Å². The fourth-order valence-electron chi connectivity index (χ4n) is 1.85. The predicted molar refractivity (Wildman–Crippen MR) is 58.3 cm³/mol. The molecule has 4 heteroatoms. The van der Waals surface area contributed by atoms with Crippen molar-refractivity contribution in [3.8, 4) is 5.88 Å². The summed E-state index contributed by atoms with van der Waals surface area (Å²) < 4.78 is 9.81. The van der Waals surface area contributed by atoms with Gasteiger partial charge in [-0.2, -0.15) is 0 Å². The van der Waals surface area contributed by atoms with E-state index >= 15 is 0 Å². The number of rotatable bonds is 4. The number of esters is 1. The molecule has 1 aromatic rings. The minimum atomic E-state index is -0.172. The summed E-state index contributed by atoms with van der Waals surface area (Å²) in [5.41, 5.74) is 0.912. The zero-order valence-corrected chi connectivity index (χ0v) is 9.47. The Morgan fingerprint density at radius 1 is 1.44 bits per heavy atom. The van der Waals surface area contributed by atoms with Gasteiger partial charge >= 0.3 is 5.97 Å². The van der Waals surface area contributed by atoms with Crippen LogP contribution in [-0.2, 0) is 9.53 Å². The highest BCUT2D eigenvalue weighted by Crippen LogP contribution is 2.43. The van der Waals surface area contributed by atoms with Gasteiger partial charge in [0.15, 0.2) is 0 Å². The number of methoxy groups -OCH3 is 2. The lowest BCUT2D eigenvalue weighted by Gasteiger charge is -2.13. The first kappa shape index (κ1) is 10.9. The number of ether oxygens (including phenoxy) is 2. The highest BCUT2D eigenvalue weighted by molar-refractivity contribution is 5.78. The maximum Gasteiger partial charge on any atom is 0.313 e. The first-order valence-electron chi connectivity index (χ1n) is 5.34. The molecular weight excluding hydrogens is 206 g/mol. The zero-order valence-electron chi connectivity index (χ0n) is 9.47. The van der Waals surface area contributed by atoms with Crippen LogP contribution in [0.2, 0.25) is 0 Å². The van der Waals surface area contributed by atoms with Crippen LogP contribution >= 0.6 is 0 Å². The molecule has 1 fully saturated rings. The lowest BCUT2D eigenvalue weighted by Crippen LogP contribution is -2.16. The first-order valence-corrected chi connectivity index (χ1v) is 5.34. The van der Waals surface area contributed by atoms with Crippen LogP contribution in [0, 0.1) is 5.92 Å². The molecule has 0 spiro atoms. The smallest absolute Gasteiger partial charge is 0.313 e. The Morgan fingerprint density at radius 3 is 2.62 bits per heavy atom. The lowest BCUT2D eigenvalue weighted by atomic mass is 9.96. The van der Waals surface area contributed by atoms with E-state index in [0.717, 1.165) is 18.4 Å². The fraction of sp³-hybridized carbons (Fsp3) is 0.500. The van der Waals surface area contributed by atoms with Gasteiger partial charge in [-0.3, -0.25) is 4.79 Å². The topological polar surface area (TPSA) is 48.4 Å². The van der Waals surface area contributed by atoms with Crippen molar-refractivity contribution in [1.82, 2.24) is 4.98 Å². The van der Waals surface area contributed by atoms with Gasteiger partial charge in [0.05, 0.1) is 20.1 Å². The summed E-state index contributed by atoms with van der Waals surface area (Å²) in [6, 6.07) is 3.65. The Labute approximate surface area is 94.6 Å². The van der Waals surface area contributed by atoms with Crippen molar-refractivity contribution in [1.29, 1.82) is 0 Å². The average molecular weight is 221 g/mol. The molecule has 0 radical (unpaired) electrons. The molecule has 1 aliphatic rings. The van der Waals surface area contributed by atoms with Crippen LogP contribution in [0.4, 0.5) is 0 Å². The zero-order chi connectivity index (χ0) is 11.5. The normalized spacial score (nSPS) is 16.6. The summed E-state index contributed by atoms with van der Waals surface area (Å²) >= 11 is 0. The van der Waals surface area contributed by atoms with E-state index in [1.54, 1.807) is 19.4 Å². The van der Waals surface area contributed by atoms with Crippen molar-refractivity contribution in [3.63, 3.8) is 0 Å². The largest absolute Gasteiger partial charge is 0.481 e. The summed E-state index contributed by atoms with van der Waals surface area (Å²) in [6.07, 6.45) is 3.87. The standard InChI is InChI=1S/C12H15NO3/c1-15-10-6-5-9(7-13-10)11(8-3-4-8)12(14)16-2/h5-8,11H,3-4H2,1-2H3. The van der Waals surface area contributed by atoms with Crippen molar-refractivity contribution in [2.24, 2.45) is 5.92 Å². The minimum absolute atomic E-state index is 0.164. The van der Waals surface area contributed by atoms with E-state index in [1.165, 1.54) is 7.11 Å². The summed E-state index contributed by atoms with van der Waals surface area (Å²) in [4.78, 5) is 15.8. The third kappa shape index (κ3) is 2.15. The van der Waals surface area contributed by atoms with Crippen molar-refractivity contribution in [3.05, 3.63) is 23.9 Å². The number of pyridine rings is 1. The Bertz CT molecular complexity index is 370.